The third kappa shape index (κ3) is 6.17. The number of H-pyrrole nitrogens is 1. The standard InChI is InChI=1S/C21H14ClF6N7OS/c22-13-3-1-10(2-4-13)15-8-16(32-31-15)18-33-34-19(35(18)29)37-9-17(36)30-14-6-11(20(23,24)25)5-12(7-14)21(26,27)28/h1-8H,9,29H2,(H,30,36)(H,31,32). The number of anilines is 1. The van der Waals surface area contributed by atoms with E-state index >= 15 is 0 Å². The van der Waals surface area contributed by atoms with Crippen LogP contribution in [-0.4, -0.2) is 36.7 Å². The Bertz CT molecular complexity index is 1400. The number of aromatic nitrogens is 5. The van der Waals surface area contributed by atoms with Gasteiger partial charge in [-0.05, 0) is 36.4 Å². The molecule has 0 saturated carbocycles. The molecule has 4 N–H and O–H groups in total. The minimum atomic E-state index is -5.04. The molecule has 0 saturated heterocycles. The Morgan fingerprint density at radius 2 is 1.62 bits per heavy atom. The predicted octanol–water partition coefficient (Wildman–Crippen LogP) is 5.47. The van der Waals surface area contributed by atoms with Gasteiger partial charge in [0.2, 0.25) is 16.9 Å². The number of nitrogens with zero attached hydrogens (tertiary/aromatic N) is 4. The smallest absolute Gasteiger partial charge is 0.335 e. The van der Waals surface area contributed by atoms with Crippen LogP contribution in [0.1, 0.15) is 11.1 Å². The zero-order valence-corrected chi connectivity index (χ0v) is 19.7. The predicted molar refractivity (Wildman–Crippen MR) is 124 cm³/mol. The van der Waals surface area contributed by atoms with Gasteiger partial charge in [-0.15, -0.1) is 10.2 Å². The van der Waals surface area contributed by atoms with Crippen molar-refractivity contribution in [3.8, 4) is 22.8 Å². The number of carbonyl (C=O) groups is 1. The van der Waals surface area contributed by atoms with Crippen LogP contribution in [0.3, 0.4) is 0 Å². The van der Waals surface area contributed by atoms with Gasteiger partial charge in [-0.25, -0.2) is 4.68 Å². The molecule has 4 rings (SSSR count). The molecule has 2 aromatic heterocycles. The van der Waals surface area contributed by atoms with Gasteiger partial charge in [0, 0.05) is 16.3 Å². The van der Waals surface area contributed by atoms with Crippen LogP contribution in [0.15, 0.2) is 53.7 Å². The van der Waals surface area contributed by atoms with Crippen LogP contribution in [0.5, 0.6) is 0 Å². The Balaban J connectivity index is 1.45. The summed E-state index contributed by atoms with van der Waals surface area (Å²) < 4.78 is 79.1. The van der Waals surface area contributed by atoms with Crippen molar-refractivity contribution in [1.82, 2.24) is 25.1 Å². The molecule has 2 heterocycles. The molecule has 0 atom stereocenters. The molecule has 37 heavy (non-hydrogen) atoms. The fraction of sp³-hybridized carbons (Fsp3) is 0.143. The van der Waals surface area contributed by atoms with Crippen molar-refractivity contribution in [3.63, 3.8) is 0 Å². The zero-order valence-electron chi connectivity index (χ0n) is 18.2. The number of thioether (sulfide) groups is 1. The van der Waals surface area contributed by atoms with Gasteiger partial charge in [-0.1, -0.05) is 35.5 Å². The van der Waals surface area contributed by atoms with Gasteiger partial charge in [0.15, 0.2) is 0 Å². The molecule has 0 spiro atoms. The Labute approximate surface area is 213 Å². The molecular weight excluding hydrogens is 548 g/mol. The van der Waals surface area contributed by atoms with Gasteiger partial charge in [0.05, 0.1) is 22.6 Å². The van der Waals surface area contributed by atoms with E-state index in [4.69, 9.17) is 17.4 Å². The highest BCUT2D eigenvalue weighted by molar-refractivity contribution is 7.99. The van der Waals surface area contributed by atoms with Crippen LogP contribution >= 0.6 is 23.4 Å². The molecule has 2 aromatic carbocycles. The van der Waals surface area contributed by atoms with Gasteiger partial charge in [-0.2, -0.15) is 31.4 Å². The Hall–Kier alpha value is -3.72. The van der Waals surface area contributed by atoms with E-state index in [1.807, 2.05) is 5.32 Å². The van der Waals surface area contributed by atoms with E-state index in [1.54, 1.807) is 30.3 Å². The molecule has 4 aromatic rings. The fourth-order valence-corrected chi connectivity index (χ4v) is 3.90. The van der Waals surface area contributed by atoms with Crippen LogP contribution < -0.4 is 11.2 Å². The maximum absolute atomic E-state index is 13.0. The van der Waals surface area contributed by atoms with Gasteiger partial charge in [0.1, 0.15) is 5.69 Å². The van der Waals surface area contributed by atoms with Crippen molar-refractivity contribution in [1.29, 1.82) is 0 Å². The molecule has 0 aliphatic carbocycles. The molecule has 194 valence electrons. The normalized spacial score (nSPS) is 12.1. The van der Waals surface area contributed by atoms with E-state index in [1.165, 1.54) is 0 Å². The summed E-state index contributed by atoms with van der Waals surface area (Å²) in [5.41, 5.74) is -2.01. The number of aromatic amines is 1. The number of nitrogen functional groups attached to an aromatic ring is 1. The highest BCUT2D eigenvalue weighted by Gasteiger charge is 2.37. The van der Waals surface area contributed by atoms with Gasteiger partial charge in [0.25, 0.3) is 0 Å². The summed E-state index contributed by atoms with van der Waals surface area (Å²) in [6.45, 7) is 0. The van der Waals surface area contributed by atoms with Crippen molar-refractivity contribution in [3.05, 3.63) is 64.7 Å². The number of halogens is 7. The van der Waals surface area contributed by atoms with E-state index < -0.39 is 40.8 Å². The van der Waals surface area contributed by atoms with E-state index in [0.717, 1.165) is 22.0 Å². The third-order valence-electron chi connectivity index (χ3n) is 4.83. The van der Waals surface area contributed by atoms with E-state index in [9.17, 15) is 31.1 Å². The average molecular weight is 562 g/mol. The summed E-state index contributed by atoms with van der Waals surface area (Å²) in [5, 5.41) is 17.4. The number of carbonyl (C=O) groups excluding carboxylic acids is 1. The lowest BCUT2D eigenvalue weighted by Gasteiger charge is -2.14. The number of rotatable bonds is 6. The van der Waals surface area contributed by atoms with Crippen LogP contribution in [0.25, 0.3) is 22.8 Å². The lowest BCUT2D eigenvalue weighted by Crippen LogP contribution is -2.18. The van der Waals surface area contributed by atoms with Crippen molar-refractivity contribution >= 4 is 35.0 Å². The summed E-state index contributed by atoms with van der Waals surface area (Å²) in [5.74, 6) is 4.87. The number of amides is 1. The maximum Gasteiger partial charge on any atom is 0.416 e. The highest BCUT2D eigenvalue weighted by Crippen LogP contribution is 2.37. The third-order valence-corrected chi connectivity index (χ3v) is 6.02. The molecule has 0 aliphatic rings. The monoisotopic (exact) mass is 561 g/mol. The van der Waals surface area contributed by atoms with Crippen LogP contribution in [0.4, 0.5) is 32.0 Å². The molecule has 1 amide bonds. The van der Waals surface area contributed by atoms with Crippen molar-refractivity contribution in [2.45, 2.75) is 17.5 Å². The van der Waals surface area contributed by atoms with Gasteiger partial charge >= 0.3 is 12.4 Å². The Kier molecular flexibility index (Phi) is 7.10. The number of alkyl halides is 6. The summed E-state index contributed by atoms with van der Waals surface area (Å²) >= 11 is 6.66. The first kappa shape index (κ1) is 26.3. The zero-order chi connectivity index (χ0) is 27.0. The second-order valence-electron chi connectivity index (χ2n) is 7.48. The number of hydrogen-bond acceptors (Lipinski definition) is 6. The Morgan fingerprint density at radius 3 is 2.22 bits per heavy atom. The second kappa shape index (κ2) is 9.97. The van der Waals surface area contributed by atoms with Gasteiger partial charge < -0.3 is 11.2 Å². The molecule has 8 nitrogen and oxygen atoms in total. The van der Waals surface area contributed by atoms with E-state index in [-0.39, 0.29) is 17.0 Å². The number of benzene rings is 2. The van der Waals surface area contributed by atoms with Crippen LogP contribution in [0.2, 0.25) is 5.02 Å². The lowest BCUT2D eigenvalue weighted by atomic mass is 10.1. The maximum atomic E-state index is 13.0. The molecule has 0 unspecified atom stereocenters. The average Bonchev–Trinajstić information content (AvgIpc) is 3.43. The fourth-order valence-electron chi connectivity index (χ4n) is 3.12. The molecular formula is C21H14ClF6N7OS. The van der Waals surface area contributed by atoms with E-state index in [0.29, 0.717) is 28.5 Å². The minimum absolute atomic E-state index is 0.0311. The largest absolute Gasteiger partial charge is 0.416 e. The van der Waals surface area contributed by atoms with Crippen LogP contribution in [-0.2, 0) is 17.1 Å². The summed E-state index contributed by atoms with van der Waals surface area (Å²) in [6, 6.07) is 9.37. The summed E-state index contributed by atoms with van der Waals surface area (Å²) in [7, 11) is 0. The SMILES string of the molecule is Nn1c(SCC(=O)Nc2cc(C(F)(F)F)cc(C(F)(F)F)c2)nnc1-c1cc(-c2ccc(Cl)cc2)n[nH]1. The lowest BCUT2D eigenvalue weighted by molar-refractivity contribution is -0.143. The first-order valence-electron chi connectivity index (χ1n) is 10.1. The number of nitrogens with one attached hydrogen (secondary N) is 2. The quantitative estimate of drug-likeness (QED) is 0.163. The van der Waals surface area contributed by atoms with Gasteiger partial charge in [-0.3, -0.25) is 9.89 Å². The molecule has 0 aliphatic heterocycles. The van der Waals surface area contributed by atoms with Crippen molar-refractivity contribution in [2.75, 3.05) is 16.9 Å². The first-order valence-corrected chi connectivity index (χ1v) is 11.4. The van der Waals surface area contributed by atoms with Crippen LogP contribution in [0, 0.1) is 0 Å². The number of hydrogen-bond donors (Lipinski definition) is 3. The topological polar surface area (TPSA) is 115 Å². The number of nitrogens with two attached hydrogens (primary N) is 1. The first-order chi connectivity index (χ1) is 17.3. The Morgan fingerprint density at radius 1 is 1.00 bits per heavy atom. The summed E-state index contributed by atoms with van der Waals surface area (Å²) in [4.78, 5) is 12.3. The summed E-state index contributed by atoms with van der Waals surface area (Å²) in [6.07, 6.45) is -10.1. The van der Waals surface area contributed by atoms with E-state index in [2.05, 4.69) is 20.4 Å². The molecule has 0 radical (unpaired) electrons. The van der Waals surface area contributed by atoms with Crippen molar-refractivity contribution < 1.29 is 31.1 Å². The molecule has 16 heteroatoms. The molecule has 0 bridgehead atoms. The molecule has 0 fully saturated rings. The highest BCUT2D eigenvalue weighted by atomic mass is 35.5. The second-order valence-corrected chi connectivity index (χ2v) is 8.86. The van der Waals surface area contributed by atoms with Crippen molar-refractivity contribution in [2.24, 2.45) is 0 Å². The minimum Gasteiger partial charge on any atom is -0.335 e.